The highest BCUT2D eigenvalue weighted by Gasteiger charge is 2.27. The minimum Gasteiger partial charge on any atom is -0.257 e. The molecule has 0 saturated heterocycles. The Balaban J connectivity index is 2.10. The molecular weight excluding hydrogens is 286 g/mol. The second-order valence-corrected chi connectivity index (χ2v) is 6.70. The molecule has 0 aliphatic heterocycles. The van der Waals surface area contributed by atoms with Crippen LogP contribution in [0, 0.1) is 0 Å². The predicted octanol–water partition coefficient (Wildman–Crippen LogP) is 5.51. The molecule has 0 atom stereocenters. The fraction of sp³-hybridized carbons (Fsp3) is 0.250. The van der Waals surface area contributed by atoms with Gasteiger partial charge in [0, 0.05) is 28.1 Å². The molecule has 2 heterocycles. The normalized spacial score (nSPS) is 12.3. The molecule has 1 aromatic carbocycles. The largest absolute Gasteiger partial charge is 0.257 e. The van der Waals surface area contributed by atoms with E-state index in [4.69, 9.17) is 4.98 Å². The zero-order chi connectivity index (χ0) is 15.1. The first kappa shape index (κ1) is 13.7. The summed E-state index contributed by atoms with van der Waals surface area (Å²) < 4.78 is 0. The molecule has 0 saturated carbocycles. The van der Waals surface area contributed by atoms with E-state index in [1.165, 1.54) is 44.1 Å². The first-order valence-corrected chi connectivity index (χ1v) is 8.88. The Kier molecular flexibility index (Phi) is 3.34. The molecule has 4 rings (SSSR count). The van der Waals surface area contributed by atoms with Crippen LogP contribution in [0.1, 0.15) is 36.4 Å². The van der Waals surface area contributed by atoms with Crippen LogP contribution in [0.3, 0.4) is 0 Å². The van der Waals surface area contributed by atoms with Crippen LogP contribution in [0.4, 0.5) is 0 Å². The van der Waals surface area contributed by atoms with Gasteiger partial charge >= 0.3 is 0 Å². The van der Waals surface area contributed by atoms with Crippen molar-refractivity contribution in [2.24, 2.45) is 0 Å². The van der Waals surface area contributed by atoms with Crippen molar-refractivity contribution in [1.82, 2.24) is 4.98 Å². The summed E-state index contributed by atoms with van der Waals surface area (Å²) in [4.78, 5) is 6.41. The third kappa shape index (κ3) is 1.94. The number of aromatic nitrogens is 1. The molecule has 3 aromatic rings. The molecule has 0 radical (unpaired) electrons. The zero-order valence-corrected chi connectivity index (χ0v) is 13.8. The van der Waals surface area contributed by atoms with Gasteiger partial charge in [-0.1, -0.05) is 44.2 Å². The van der Waals surface area contributed by atoms with Gasteiger partial charge in [0.15, 0.2) is 0 Å². The fourth-order valence-corrected chi connectivity index (χ4v) is 4.41. The third-order valence-corrected chi connectivity index (χ3v) is 5.45. The van der Waals surface area contributed by atoms with Gasteiger partial charge in [-0.05, 0) is 41.0 Å². The molecule has 2 aromatic heterocycles. The van der Waals surface area contributed by atoms with Gasteiger partial charge in [0.2, 0.25) is 0 Å². The van der Waals surface area contributed by atoms with Gasteiger partial charge in [-0.3, -0.25) is 4.98 Å². The minimum absolute atomic E-state index is 0.973. The van der Waals surface area contributed by atoms with E-state index in [0.29, 0.717) is 0 Å². The van der Waals surface area contributed by atoms with Gasteiger partial charge < -0.3 is 0 Å². The lowest BCUT2D eigenvalue weighted by Gasteiger charge is -2.16. The number of benzene rings is 1. The highest BCUT2D eigenvalue weighted by molar-refractivity contribution is 7.13. The molecule has 0 fully saturated rings. The van der Waals surface area contributed by atoms with E-state index in [1.807, 2.05) is 11.3 Å². The lowest BCUT2D eigenvalue weighted by Crippen LogP contribution is -2.03. The smallest absolute Gasteiger partial charge is 0.0536 e. The van der Waals surface area contributed by atoms with Gasteiger partial charge in [-0.2, -0.15) is 0 Å². The third-order valence-electron chi connectivity index (χ3n) is 4.56. The summed E-state index contributed by atoms with van der Waals surface area (Å²) in [7, 11) is 0. The van der Waals surface area contributed by atoms with Crippen molar-refractivity contribution in [3.8, 4) is 21.6 Å². The van der Waals surface area contributed by atoms with Crippen molar-refractivity contribution in [3.63, 3.8) is 0 Å². The summed E-state index contributed by atoms with van der Waals surface area (Å²) in [5.74, 6) is 0. The summed E-state index contributed by atoms with van der Waals surface area (Å²) >= 11 is 1.84. The summed E-state index contributed by atoms with van der Waals surface area (Å²) in [6, 6.07) is 13.2. The molecule has 110 valence electrons. The predicted molar refractivity (Wildman–Crippen MR) is 94.5 cm³/mol. The number of pyridine rings is 1. The van der Waals surface area contributed by atoms with E-state index in [1.54, 1.807) is 0 Å². The first-order chi connectivity index (χ1) is 10.8. The van der Waals surface area contributed by atoms with Crippen LogP contribution in [0.2, 0.25) is 0 Å². The molecule has 2 heteroatoms. The lowest BCUT2D eigenvalue weighted by molar-refractivity contribution is 0.940. The second kappa shape index (κ2) is 5.36. The molecule has 1 nitrogen and oxygen atoms in total. The van der Waals surface area contributed by atoms with Crippen molar-refractivity contribution >= 4 is 11.3 Å². The number of hydrogen-bond donors (Lipinski definition) is 0. The van der Waals surface area contributed by atoms with E-state index < -0.39 is 0 Å². The average Bonchev–Trinajstić information content (AvgIpc) is 3.20. The van der Waals surface area contributed by atoms with Crippen molar-refractivity contribution < 1.29 is 0 Å². The number of thiophene rings is 1. The van der Waals surface area contributed by atoms with Gasteiger partial charge in [-0.25, -0.2) is 0 Å². The van der Waals surface area contributed by atoms with Gasteiger partial charge in [-0.15, -0.1) is 11.3 Å². The summed E-state index contributed by atoms with van der Waals surface area (Å²) in [5.41, 5.74) is 9.58. The molecule has 22 heavy (non-hydrogen) atoms. The Bertz CT molecular complexity index is 831. The van der Waals surface area contributed by atoms with Gasteiger partial charge in [0.05, 0.1) is 5.69 Å². The van der Waals surface area contributed by atoms with E-state index in [-0.39, 0.29) is 0 Å². The van der Waals surface area contributed by atoms with Crippen molar-refractivity contribution in [2.45, 2.75) is 33.1 Å². The van der Waals surface area contributed by atoms with E-state index >= 15 is 0 Å². The van der Waals surface area contributed by atoms with Crippen LogP contribution in [0.15, 0.2) is 41.8 Å². The van der Waals surface area contributed by atoms with Gasteiger partial charge in [0.1, 0.15) is 0 Å². The Morgan fingerprint density at radius 3 is 2.59 bits per heavy atom. The van der Waals surface area contributed by atoms with Crippen molar-refractivity contribution in [2.75, 3.05) is 0 Å². The number of aryl methyl sites for hydroxylation is 1. The van der Waals surface area contributed by atoms with E-state index in [9.17, 15) is 0 Å². The van der Waals surface area contributed by atoms with Crippen LogP contribution in [-0.2, 0) is 19.3 Å². The van der Waals surface area contributed by atoms with Crippen LogP contribution < -0.4 is 0 Å². The van der Waals surface area contributed by atoms with Crippen molar-refractivity contribution in [1.29, 1.82) is 0 Å². The van der Waals surface area contributed by atoms with Gasteiger partial charge in [0.25, 0.3) is 0 Å². The minimum atomic E-state index is 0.973. The quantitative estimate of drug-likeness (QED) is 0.486. The molecule has 0 unspecified atom stereocenters. The Hall–Kier alpha value is -1.93. The molecule has 0 N–H and O–H groups in total. The maximum atomic E-state index is 5.03. The topological polar surface area (TPSA) is 12.9 Å². The zero-order valence-electron chi connectivity index (χ0n) is 13.0. The molecule has 1 aliphatic rings. The van der Waals surface area contributed by atoms with Crippen LogP contribution >= 0.6 is 11.3 Å². The van der Waals surface area contributed by atoms with Crippen LogP contribution in [-0.4, -0.2) is 4.98 Å². The van der Waals surface area contributed by atoms with Crippen LogP contribution in [0.25, 0.3) is 21.6 Å². The van der Waals surface area contributed by atoms with E-state index in [2.05, 4.69) is 55.6 Å². The van der Waals surface area contributed by atoms with E-state index in [0.717, 1.165) is 19.3 Å². The second-order valence-electron chi connectivity index (χ2n) is 5.75. The lowest BCUT2D eigenvalue weighted by atomic mass is 9.93. The molecule has 0 amide bonds. The Labute approximate surface area is 135 Å². The Morgan fingerprint density at radius 2 is 1.86 bits per heavy atom. The number of hydrogen-bond acceptors (Lipinski definition) is 2. The molecule has 0 spiro atoms. The summed E-state index contributed by atoms with van der Waals surface area (Å²) in [5, 5.41) is 2.17. The monoisotopic (exact) mass is 305 g/mol. The first-order valence-electron chi connectivity index (χ1n) is 8.00. The van der Waals surface area contributed by atoms with Crippen molar-refractivity contribution in [3.05, 3.63) is 64.3 Å². The maximum Gasteiger partial charge on any atom is 0.0536 e. The number of rotatable bonds is 3. The summed E-state index contributed by atoms with van der Waals surface area (Å²) in [6.07, 6.45) is 3.02. The SMILES string of the molecule is CCc1nc2c(c(-c3cccs3)c1CC)-c1ccccc1C2. The fourth-order valence-electron chi connectivity index (χ4n) is 3.61. The summed E-state index contributed by atoms with van der Waals surface area (Å²) in [6.45, 7) is 4.47. The molecule has 1 aliphatic carbocycles. The molecule has 0 bridgehead atoms. The number of fused-ring (bicyclic) bond motifs is 3. The average molecular weight is 305 g/mol. The van der Waals surface area contributed by atoms with Crippen LogP contribution in [0.5, 0.6) is 0 Å². The molecular formula is C20H19NS. The number of nitrogens with zero attached hydrogens (tertiary/aromatic N) is 1. The highest BCUT2D eigenvalue weighted by Crippen LogP contribution is 2.45. The Morgan fingerprint density at radius 1 is 1.00 bits per heavy atom. The highest BCUT2D eigenvalue weighted by atomic mass is 32.1. The standard InChI is InChI=1S/C20H19NS/c1-3-14-16(4-2)21-17-12-13-8-5-6-9-15(13)19(17)20(14)18-10-7-11-22-18/h5-11H,3-4,12H2,1-2H3. The maximum absolute atomic E-state index is 5.03.